The lowest BCUT2D eigenvalue weighted by molar-refractivity contribution is -0.134. The smallest absolute Gasteiger partial charge is 0.261 e. The van der Waals surface area contributed by atoms with Gasteiger partial charge in [-0.05, 0) is 55.6 Å². The van der Waals surface area contributed by atoms with Gasteiger partial charge in [0.1, 0.15) is 16.1 Å². The summed E-state index contributed by atoms with van der Waals surface area (Å²) in [5.74, 6) is -0.212. The molecule has 2 N–H and O–H groups in total. The van der Waals surface area contributed by atoms with E-state index in [1.54, 1.807) is 59.7 Å². The fraction of sp³-hybridized carbons (Fsp3) is 0.393. The van der Waals surface area contributed by atoms with Crippen LogP contribution in [0.2, 0.25) is 0 Å². The summed E-state index contributed by atoms with van der Waals surface area (Å²) in [7, 11) is -6.15. The number of aliphatic hydroxyl groups excluding tert-OH is 1. The van der Waals surface area contributed by atoms with Gasteiger partial charge in [-0.3, -0.25) is 9.52 Å². The molecule has 3 aromatic rings. The van der Waals surface area contributed by atoms with Crippen LogP contribution in [0, 0.1) is 12.8 Å². The summed E-state index contributed by atoms with van der Waals surface area (Å²) < 4.78 is 62.7. The Balaban J connectivity index is 1.68. The summed E-state index contributed by atoms with van der Waals surface area (Å²) in [6.45, 7) is 5.47. The number of amides is 1. The van der Waals surface area contributed by atoms with Crippen molar-refractivity contribution in [2.24, 2.45) is 5.92 Å². The van der Waals surface area contributed by atoms with Crippen molar-refractivity contribution in [3.8, 4) is 5.75 Å². The van der Waals surface area contributed by atoms with Gasteiger partial charge >= 0.3 is 0 Å². The Morgan fingerprint density at radius 3 is 2.49 bits per heavy atom. The van der Waals surface area contributed by atoms with E-state index in [4.69, 9.17) is 4.74 Å². The molecular weight excluding hydrogens is 587 g/mol. The van der Waals surface area contributed by atoms with Crippen LogP contribution in [-0.4, -0.2) is 75.9 Å². The van der Waals surface area contributed by atoms with Crippen molar-refractivity contribution >= 4 is 43.0 Å². The van der Waals surface area contributed by atoms with Crippen molar-refractivity contribution in [3.63, 3.8) is 0 Å². The Hall–Kier alpha value is -2.97. The Morgan fingerprint density at radius 2 is 1.85 bits per heavy atom. The van der Waals surface area contributed by atoms with Gasteiger partial charge in [0.2, 0.25) is 5.91 Å². The normalized spacial score (nSPS) is 19.1. The molecule has 2 heterocycles. The van der Waals surface area contributed by atoms with Crippen molar-refractivity contribution in [2.45, 2.75) is 48.4 Å². The summed E-state index contributed by atoms with van der Waals surface area (Å²) >= 11 is 1.13. The topological polar surface area (TPSA) is 133 Å². The second-order valence-electron chi connectivity index (χ2n) is 10.3. The molecule has 4 rings (SSSR count). The number of likely N-dealkylation sites (N-methyl/N-ethyl adjacent to an activating group) is 1. The lowest BCUT2D eigenvalue weighted by Gasteiger charge is -2.33. The van der Waals surface area contributed by atoms with Crippen LogP contribution in [0.15, 0.2) is 69.1 Å². The van der Waals surface area contributed by atoms with Gasteiger partial charge in [-0.25, -0.2) is 16.8 Å². The summed E-state index contributed by atoms with van der Waals surface area (Å²) in [5, 5.41) is 11.5. The Morgan fingerprint density at radius 1 is 1.15 bits per heavy atom. The molecule has 0 spiro atoms. The zero-order valence-corrected chi connectivity index (χ0v) is 25.8. The number of benzene rings is 2. The van der Waals surface area contributed by atoms with Crippen LogP contribution in [0.3, 0.4) is 0 Å². The Kier molecular flexibility index (Phi) is 9.44. The molecule has 10 nitrogen and oxygen atoms in total. The van der Waals surface area contributed by atoms with Crippen molar-refractivity contribution in [1.82, 2.24) is 9.21 Å². The number of aryl methyl sites for hydroxylation is 1. The van der Waals surface area contributed by atoms with E-state index in [2.05, 4.69) is 4.72 Å². The number of hydrogen-bond donors (Lipinski definition) is 2. The van der Waals surface area contributed by atoms with E-state index in [0.29, 0.717) is 11.3 Å². The van der Waals surface area contributed by atoms with Crippen LogP contribution in [0.5, 0.6) is 5.75 Å². The third-order valence-corrected chi connectivity index (χ3v) is 11.7. The fourth-order valence-corrected chi connectivity index (χ4v) is 7.99. The molecule has 41 heavy (non-hydrogen) atoms. The zero-order valence-electron chi connectivity index (χ0n) is 23.3. The van der Waals surface area contributed by atoms with Gasteiger partial charge in [0, 0.05) is 30.8 Å². The molecule has 2 aromatic carbocycles. The predicted molar refractivity (Wildman–Crippen MR) is 158 cm³/mol. The van der Waals surface area contributed by atoms with Gasteiger partial charge in [0.15, 0.2) is 0 Å². The van der Waals surface area contributed by atoms with Gasteiger partial charge in [-0.15, -0.1) is 11.3 Å². The van der Waals surface area contributed by atoms with Crippen molar-refractivity contribution in [3.05, 3.63) is 71.1 Å². The maximum atomic E-state index is 13.4. The van der Waals surface area contributed by atoms with Crippen LogP contribution in [-0.2, 0) is 31.3 Å². The highest BCUT2D eigenvalue weighted by atomic mass is 32.2. The molecule has 3 atom stereocenters. The quantitative estimate of drug-likeness (QED) is 0.375. The molecule has 0 fully saturated rings. The van der Waals surface area contributed by atoms with E-state index in [-0.39, 0.29) is 52.7 Å². The van der Waals surface area contributed by atoms with Gasteiger partial charge in [0.25, 0.3) is 20.0 Å². The van der Waals surface area contributed by atoms with Gasteiger partial charge in [-0.2, -0.15) is 4.31 Å². The summed E-state index contributed by atoms with van der Waals surface area (Å²) in [6, 6.07) is 13.9. The summed E-state index contributed by atoms with van der Waals surface area (Å²) in [4.78, 5) is 15.1. The highest BCUT2D eigenvalue weighted by molar-refractivity contribution is 7.92. The summed E-state index contributed by atoms with van der Waals surface area (Å²) in [5.41, 5.74) is 1.62. The number of thiophene rings is 1. The monoisotopic (exact) mass is 621 g/mol. The minimum absolute atomic E-state index is 0.0121. The predicted octanol–water partition coefficient (Wildman–Crippen LogP) is 3.33. The van der Waals surface area contributed by atoms with Crippen LogP contribution in [0.25, 0.3) is 0 Å². The van der Waals surface area contributed by atoms with Gasteiger partial charge in [0.05, 0.1) is 30.5 Å². The molecule has 0 unspecified atom stereocenters. The van der Waals surface area contributed by atoms with Crippen molar-refractivity contribution < 1.29 is 31.5 Å². The largest absolute Gasteiger partial charge is 0.488 e. The first-order valence-corrected chi connectivity index (χ1v) is 16.9. The second-order valence-corrected chi connectivity index (χ2v) is 15.2. The second kappa shape index (κ2) is 12.5. The highest BCUT2D eigenvalue weighted by Crippen LogP contribution is 2.31. The standard InChI is InChI=1S/C28H35N3O7S3/c1-19-7-10-24(11-8-19)40(34,35)29-23-9-12-25-22(14-23)15-27(33)31(21(3)18-32)16-20(2)26(38-25)17-30(4)41(36,37)28-6-5-13-39-28/h5-14,20-21,26,29,32H,15-18H2,1-4H3/t20-,21-,26+/m0/s1. The van der Waals surface area contributed by atoms with Gasteiger partial charge < -0.3 is 14.7 Å². The van der Waals surface area contributed by atoms with Crippen LogP contribution < -0.4 is 9.46 Å². The maximum Gasteiger partial charge on any atom is 0.261 e. The Bertz CT molecular complexity index is 1570. The highest BCUT2D eigenvalue weighted by Gasteiger charge is 2.34. The molecule has 0 saturated carbocycles. The van der Waals surface area contributed by atoms with E-state index in [1.165, 1.54) is 23.5 Å². The van der Waals surface area contributed by atoms with Gasteiger partial charge in [-0.1, -0.05) is 30.7 Å². The lowest BCUT2D eigenvalue weighted by Crippen LogP contribution is -2.48. The number of anilines is 1. The van der Waals surface area contributed by atoms with E-state index < -0.39 is 32.2 Å². The average Bonchev–Trinajstić information content (AvgIpc) is 3.48. The molecule has 1 aliphatic rings. The first-order chi connectivity index (χ1) is 19.3. The van der Waals surface area contributed by atoms with Crippen molar-refractivity contribution in [2.75, 3.05) is 31.5 Å². The molecule has 0 saturated heterocycles. The number of sulfonamides is 2. The molecule has 222 valence electrons. The SMILES string of the molecule is Cc1ccc(S(=O)(=O)Nc2ccc3c(c2)CC(=O)N([C@@H](C)CO)C[C@H](C)[C@@H](CN(C)S(=O)(=O)c2cccs2)O3)cc1. The fourth-order valence-electron chi connectivity index (χ4n) is 4.56. The summed E-state index contributed by atoms with van der Waals surface area (Å²) in [6.07, 6.45) is -0.745. The molecule has 0 aliphatic carbocycles. The van der Waals surface area contributed by atoms with Crippen LogP contribution >= 0.6 is 11.3 Å². The van der Waals surface area contributed by atoms with E-state index in [9.17, 15) is 26.7 Å². The lowest BCUT2D eigenvalue weighted by atomic mass is 10.0. The number of ether oxygens (including phenoxy) is 1. The minimum atomic E-state index is -3.89. The van der Waals surface area contributed by atoms with Crippen molar-refractivity contribution in [1.29, 1.82) is 0 Å². The number of fused-ring (bicyclic) bond motifs is 1. The first kappa shape index (κ1) is 31.0. The molecular formula is C28H35N3O7S3. The minimum Gasteiger partial charge on any atom is -0.488 e. The van der Waals surface area contributed by atoms with E-state index in [1.807, 2.05) is 13.8 Å². The van der Waals surface area contributed by atoms with E-state index in [0.717, 1.165) is 16.9 Å². The molecule has 1 amide bonds. The third-order valence-electron chi connectivity index (χ3n) is 7.10. The molecule has 0 bridgehead atoms. The number of aliphatic hydroxyl groups is 1. The Labute approximate surface area is 245 Å². The first-order valence-electron chi connectivity index (χ1n) is 13.1. The number of carbonyl (C=O) groups is 1. The number of nitrogens with one attached hydrogen (secondary N) is 1. The molecule has 13 heteroatoms. The zero-order chi connectivity index (χ0) is 29.9. The molecule has 1 aliphatic heterocycles. The number of carbonyl (C=O) groups excluding carboxylic acids is 1. The number of nitrogens with zero attached hydrogens (tertiary/aromatic N) is 2. The molecule has 1 aromatic heterocycles. The van der Waals surface area contributed by atoms with Crippen LogP contribution in [0.4, 0.5) is 5.69 Å². The number of hydrogen-bond acceptors (Lipinski definition) is 8. The van der Waals surface area contributed by atoms with E-state index >= 15 is 0 Å². The number of rotatable bonds is 9. The average molecular weight is 622 g/mol. The van der Waals surface area contributed by atoms with Crippen LogP contribution in [0.1, 0.15) is 25.0 Å². The maximum absolute atomic E-state index is 13.4. The molecule has 0 radical (unpaired) electrons. The third kappa shape index (κ3) is 7.09.